The van der Waals surface area contributed by atoms with E-state index < -0.39 is 0 Å². The molecule has 1 aliphatic rings. The lowest BCUT2D eigenvalue weighted by Gasteiger charge is -2.34. The lowest BCUT2D eigenvalue weighted by molar-refractivity contribution is 0.207. The van der Waals surface area contributed by atoms with Crippen LogP contribution in [0.15, 0.2) is 28.7 Å². The first-order valence-electron chi connectivity index (χ1n) is 7.03. The molecule has 0 amide bonds. The van der Waals surface area contributed by atoms with E-state index in [1.165, 1.54) is 31.2 Å². The smallest absolute Gasteiger partial charge is 0.0175 e. The molecule has 1 fully saturated rings. The van der Waals surface area contributed by atoms with Crippen molar-refractivity contribution >= 4 is 15.9 Å². The van der Waals surface area contributed by atoms with E-state index in [-0.39, 0.29) is 0 Å². The summed E-state index contributed by atoms with van der Waals surface area (Å²) in [6.07, 6.45) is 6.54. The highest BCUT2D eigenvalue weighted by molar-refractivity contribution is 9.10. The van der Waals surface area contributed by atoms with E-state index in [0.717, 1.165) is 23.5 Å². The maximum atomic E-state index is 3.71. The molecule has 0 unspecified atom stereocenters. The standard InChI is InChI=1S/C16H24BrN/c1-16(2)10-7-15(8-11-16)18-12-9-13-3-5-14(17)6-4-13/h3-6,15,18H,7-12H2,1-2H3. The Hall–Kier alpha value is -0.340. The second-order valence-corrected chi connectivity index (χ2v) is 7.18. The molecular formula is C16H24BrN. The molecule has 0 radical (unpaired) electrons. The van der Waals surface area contributed by atoms with Crippen molar-refractivity contribution in [1.29, 1.82) is 0 Å². The summed E-state index contributed by atoms with van der Waals surface area (Å²) in [5.41, 5.74) is 1.99. The normalized spacial score (nSPS) is 19.9. The highest BCUT2D eigenvalue weighted by atomic mass is 79.9. The van der Waals surface area contributed by atoms with Gasteiger partial charge in [-0.25, -0.2) is 0 Å². The molecule has 2 heteroatoms. The van der Waals surface area contributed by atoms with E-state index in [1.807, 2.05) is 0 Å². The van der Waals surface area contributed by atoms with Crippen molar-refractivity contribution < 1.29 is 0 Å². The van der Waals surface area contributed by atoms with Crippen molar-refractivity contribution in [3.63, 3.8) is 0 Å². The van der Waals surface area contributed by atoms with Gasteiger partial charge in [0.05, 0.1) is 0 Å². The van der Waals surface area contributed by atoms with Gasteiger partial charge in [-0.05, 0) is 61.8 Å². The fourth-order valence-electron chi connectivity index (χ4n) is 2.68. The maximum absolute atomic E-state index is 3.71. The first kappa shape index (κ1) is 14.1. The molecule has 1 aliphatic carbocycles. The summed E-state index contributed by atoms with van der Waals surface area (Å²) in [5, 5.41) is 3.71. The molecule has 0 heterocycles. The van der Waals surface area contributed by atoms with Gasteiger partial charge in [-0.1, -0.05) is 41.9 Å². The Kier molecular flexibility index (Phi) is 4.85. The van der Waals surface area contributed by atoms with Crippen LogP contribution >= 0.6 is 15.9 Å². The van der Waals surface area contributed by atoms with Crippen LogP contribution in [-0.2, 0) is 6.42 Å². The molecule has 0 spiro atoms. The van der Waals surface area contributed by atoms with Gasteiger partial charge in [-0.3, -0.25) is 0 Å². The molecule has 0 saturated heterocycles. The predicted octanol–water partition coefficient (Wildman–Crippen LogP) is 4.55. The van der Waals surface area contributed by atoms with Gasteiger partial charge in [0.1, 0.15) is 0 Å². The van der Waals surface area contributed by atoms with Crippen LogP contribution in [0.3, 0.4) is 0 Å². The third-order valence-electron chi connectivity index (χ3n) is 4.10. The SMILES string of the molecule is CC1(C)CCC(NCCc2ccc(Br)cc2)CC1. The molecule has 0 aliphatic heterocycles. The largest absolute Gasteiger partial charge is 0.314 e. The monoisotopic (exact) mass is 309 g/mol. The minimum absolute atomic E-state index is 0.573. The quantitative estimate of drug-likeness (QED) is 0.860. The lowest BCUT2D eigenvalue weighted by Crippen LogP contribution is -2.36. The molecule has 1 aromatic rings. The van der Waals surface area contributed by atoms with Gasteiger partial charge in [0.15, 0.2) is 0 Å². The zero-order chi connectivity index (χ0) is 13.0. The molecular weight excluding hydrogens is 286 g/mol. The van der Waals surface area contributed by atoms with Crippen LogP contribution in [0.5, 0.6) is 0 Å². The fraction of sp³-hybridized carbons (Fsp3) is 0.625. The first-order valence-corrected chi connectivity index (χ1v) is 7.82. The highest BCUT2D eigenvalue weighted by Gasteiger charge is 2.26. The van der Waals surface area contributed by atoms with Crippen LogP contribution < -0.4 is 5.32 Å². The highest BCUT2D eigenvalue weighted by Crippen LogP contribution is 2.34. The van der Waals surface area contributed by atoms with Crippen molar-refractivity contribution in [3.05, 3.63) is 34.3 Å². The van der Waals surface area contributed by atoms with Gasteiger partial charge in [0.25, 0.3) is 0 Å². The average molecular weight is 310 g/mol. The van der Waals surface area contributed by atoms with E-state index in [0.29, 0.717) is 5.41 Å². The molecule has 1 N–H and O–H groups in total. The van der Waals surface area contributed by atoms with E-state index in [2.05, 4.69) is 59.4 Å². The van der Waals surface area contributed by atoms with Crippen molar-refractivity contribution in [2.24, 2.45) is 5.41 Å². The van der Waals surface area contributed by atoms with Gasteiger partial charge in [-0.15, -0.1) is 0 Å². The molecule has 1 nitrogen and oxygen atoms in total. The Morgan fingerprint density at radius 2 is 1.78 bits per heavy atom. The third kappa shape index (κ3) is 4.40. The topological polar surface area (TPSA) is 12.0 Å². The number of hydrogen-bond donors (Lipinski definition) is 1. The van der Waals surface area contributed by atoms with E-state index in [4.69, 9.17) is 0 Å². The van der Waals surface area contributed by atoms with Crippen molar-refractivity contribution in [2.75, 3.05) is 6.54 Å². The molecule has 0 aromatic heterocycles. The molecule has 0 bridgehead atoms. The average Bonchev–Trinajstić information content (AvgIpc) is 2.34. The van der Waals surface area contributed by atoms with Crippen LogP contribution in [0.2, 0.25) is 0 Å². The summed E-state index contributed by atoms with van der Waals surface area (Å²) in [4.78, 5) is 0. The van der Waals surface area contributed by atoms with Gasteiger partial charge < -0.3 is 5.32 Å². The molecule has 1 aromatic carbocycles. The third-order valence-corrected chi connectivity index (χ3v) is 4.63. The first-order chi connectivity index (χ1) is 8.55. The zero-order valence-electron chi connectivity index (χ0n) is 11.5. The van der Waals surface area contributed by atoms with E-state index in [9.17, 15) is 0 Å². The Labute approximate surface area is 119 Å². The molecule has 1 saturated carbocycles. The van der Waals surface area contributed by atoms with E-state index in [1.54, 1.807) is 0 Å². The summed E-state index contributed by atoms with van der Waals surface area (Å²) in [7, 11) is 0. The summed E-state index contributed by atoms with van der Waals surface area (Å²) in [5.74, 6) is 0. The number of halogens is 1. The van der Waals surface area contributed by atoms with Crippen LogP contribution in [0, 0.1) is 5.41 Å². The zero-order valence-corrected chi connectivity index (χ0v) is 13.1. The number of rotatable bonds is 4. The van der Waals surface area contributed by atoms with Crippen molar-refractivity contribution in [2.45, 2.75) is 52.0 Å². The van der Waals surface area contributed by atoms with Gasteiger partial charge in [0.2, 0.25) is 0 Å². The summed E-state index contributed by atoms with van der Waals surface area (Å²) in [6, 6.07) is 9.40. The molecule has 100 valence electrons. The lowest BCUT2D eigenvalue weighted by atomic mass is 9.75. The van der Waals surface area contributed by atoms with Gasteiger partial charge in [-0.2, -0.15) is 0 Å². The fourth-order valence-corrected chi connectivity index (χ4v) is 2.94. The van der Waals surface area contributed by atoms with Crippen LogP contribution in [0.4, 0.5) is 0 Å². The van der Waals surface area contributed by atoms with Gasteiger partial charge in [0, 0.05) is 10.5 Å². The minimum Gasteiger partial charge on any atom is -0.314 e. The number of nitrogens with one attached hydrogen (secondary N) is 1. The number of benzene rings is 1. The maximum Gasteiger partial charge on any atom is 0.0175 e. The second-order valence-electron chi connectivity index (χ2n) is 6.27. The van der Waals surface area contributed by atoms with Crippen LogP contribution in [0.25, 0.3) is 0 Å². The summed E-state index contributed by atoms with van der Waals surface area (Å²) in [6.45, 7) is 5.89. The second kappa shape index (κ2) is 6.21. The van der Waals surface area contributed by atoms with Crippen LogP contribution in [-0.4, -0.2) is 12.6 Å². The van der Waals surface area contributed by atoms with Gasteiger partial charge >= 0.3 is 0 Å². The minimum atomic E-state index is 0.573. The Morgan fingerprint density at radius 1 is 1.17 bits per heavy atom. The van der Waals surface area contributed by atoms with Crippen molar-refractivity contribution in [3.8, 4) is 0 Å². The summed E-state index contributed by atoms with van der Waals surface area (Å²) >= 11 is 3.47. The van der Waals surface area contributed by atoms with E-state index >= 15 is 0 Å². The Balaban J connectivity index is 1.68. The summed E-state index contributed by atoms with van der Waals surface area (Å²) < 4.78 is 1.16. The predicted molar refractivity (Wildman–Crippen MR) is 81.9 cm³/mol. The molecule has 0 atom stereocenters. The Bertz CT molecular complexity index is 359. The van der Waals surface area contributed by atoms with Crippen LogP contribution in [0.1, 0.15) is 45.1 Å². The Morgan fingerprint density at radius 3 is 2.39 bits per heavy atom. The molecule has 2 rings (SSSR count). The number of hydrogen-bond acceptors (Lipinski definition) is 1. The van der Waals surface area contributed by atoms with Crippen molar-refractivity contribution in [1.82, 2.24) is 5.32 Å². The molecule has 18 heavy (non-hydrogen) atoms.